The van der Waals surface area contributed by atoms with Gasteiger partial charge in [0.2, 0.25) is 0 Å². The molecule has 62 valence electrons. The van der Waals surface area contributed by atoms with E-state index in [0.29, 0.717) is 6.04 Å². The standard InChI is InChI=1S/C9H21N/c1-7(2)8(3)6-9(4)10-5/h7-10H,6H2,1-5H3. The Morgan fingerprint density at radius 1 is 1.10 bits per heavy atom. The van der Waals surface area contributed by atoms with Crippen molar-refractivity contribution in [3.63, 3.8) is 0 Å². The molecule has 10 heavy (non-hydrogen) atoms. The zero-order chi connectivity index (χ0) is 8.15. The molecule has 0 aliphatic carbocycles. The van der Waals surface area contributed by atoms with Crippen molar-refractivity contribution in [3.05, 3.63) is 0 Å². The van der Waals surface area contributed by atoms with Gasteiger partial charge < -0.3 is 5.32 Å². The summed E-state index contributed by atoms with van der Waals surface area (Å²) < 4.78 is 0. The van der Waals surface area contributed by atoms with Gasteiger partial charge in [0.1, 0.15) is 0 Å². The fourth-order valence-corrected chi connectivity index (χ4v) is 0.948. The van der Waals surface area contributed by atoms with E-state index in [2.05, 4.69) is 33.0 Å². The molecule has 0 bridgehead atoms. The topological polar surface area (TPSA) is 12.0 Å². The lowest BCUT2D eigenvalue weighted by Crippen LogP contribution is -2.25. The highest BCUT2D eigenvalue weighted by Crippen LogP contribution is 2.15. The summed E-state index contributed by atoms with van der Waals surface area (Å²) in [7, 11) is 2.03. The molecule has 0 heterocycles. The van der Waals surface area contributed by atoms with Crippen LogP contribution in [0.3, 0.4) is 0 Å². The van der Waals surface area contributed by atoms with Crippen molar-refractivity contribution in [2.75, 3.05) is 7.05 Å². The van der Waals surface area contributed by atoms with E-state index in [0.717, 1.165) is 11.8 Å². The lowest BCUT2D eigenvalue weighted by molar-refractivity contribution is 0.350. The Bertz CT molecular complexity index is 78.8. The quantitative estimate of drug-likeness (QED) is 0.636. The second kappa shape index (κ2) is 4.73. The minimum absolute atomic E-state index is 0.664. The monoisotopic (exact) mass is 143 g/mol. The van der Waals surface area contributed by atoms with E-state index in [1.807, 2.05) is 7.05 Å². The zero-order valence-corrected chi connectivity index (χ0v) is 7.94. The third-order valence-corrected chi connectivity index (χ3v) is 2.36. The summed E-state index contributed by atoms with van der Waals surface area (Å²) in [6, 6.07) is 0.664. The summed E-state index contributed by atoms with van der Waals surface area (Å²) in [5.41, 5.74) is 0. The van der Waals surface area contributed by atoms with Gasteiger partial charge in [-0.2, -0.15) is 0 Å². The highest BCUT2D eigenvalue weighted by molar-refractivity contribution is 4.64. The Morgan fingerprint density at radius 2 is 1.60 bits per heavy atom. The molecule has 0 aromatic rings. The highest BCUT2D eigenvalue weighted by atomic mass is 14.8. The third-order valence-electron chi connectivity index (χ3n) is 2.36. The number of nitrogens with one attached hydrogen (secondary N) is 1. The molecular weight excluding hydrogens is 122 g/mol. The molecule has 0 aliphatic rings. The minimum atomic E-state index is 0.664. The smallest absolute Gasteiger partial charge is 0.00383 e. The molecular formula is C9H21N. The summed E-state index contributed by atoms with van der Waals surface area (Å²) in [4.78, 5) is 0. The first-order chi connectivity index (χ1) is 4.57. The second-order valence-corrected chi connectivity index (χ2v) is 3.65. The van der Waals surface area contributed by atoms with Gasteiger partial charge in [-0.05, 0) is 32.2 Å². The van der Waals surface area contributed by atoms with E-state index in [9.17, 15) is 0 Å². The van der Waals surface area contributed by atoms with Gasteiger partial charge in [0.25, 0.3) is 0 Å². The van der Waals surface area contributed by atoms with Crippen LogP contribution >= 0.6 is 0 Å². The maximum Gasteiger partial charge on any atom is 0.00383 e. The Balaban J connectivity index is 3.46. The van der Waals surface area contributed by atoms with Crippen LogP contribution in [0.15, 0.2) is 0 Å². The molecule has 1 nitrogen and oxygen atoms in total. The van der Waals surface area contributed by atoms with Gasteiger partial charge >= 0.3 is 0 Å². The van der Waals surface area contributed by atoms with Crippen LogP contribution in [0.4, 0.5) is 0 Å². The number of hydrogen-bond donors (Lipinski definition) is 1. The molecule has 0 aromatic heterocycles. The average molecular weight is 143 g/mol. The summed E-state index contributed by atoms with van der Waals surface area (Å²) in [5, 5.41) is 3.25. The van der Waals surface area contributed by atoms with Crippen LogP contribution in [0, 0.1) is 11.8 Å². The summed E-state index contributed by atoms with van der Waals surface area (Å²) in [5.74, 6) is 1.65. The molecule has 0 saturated carbocycles. The van der Waals surface area contributed by atoms with Crippen molar-refractivity contribution in [2.24, 2.45) is 11.8 Å². The highest BCUT2D eigenvalue weighted by Gasteiger charge is 2.09. The van der Waals surface area contributed by atoms with Gasteiger partial charge in [-0.3, -0.25) is 0 Å². The van der Waals surface area contributed by atoms with E-state index in [4.69, 9.17) is 0 Å². The van der Waals surface area contributed by atoms with Gasteiger partial charge in [0.15, 0.2) is 0 Å². The second-order valence-electron chi connectivity index (χ2n) is 3.65. The maximum absolute atomic E-state index is 3.25. The first-order valence-electron chi connectivity index (χ1n) is 4.25. The van der Waals surface area contributed by atoms with Crippen LogP contribution in [0.2, 0.25) is 0 Å². The van der Waals surface area contributed by atoms with Crippen molar-refractivity contribution in [2.45, 2.75) is 40.2 Å². The lowest BCUT2D eigenvalue weighted by Gasteiger charge is -2.19. The molecule has 0 spiro atoms. The Morgan fingerprint density at radius 3 is 1.90 bits per heavy atom. The molecule has 1 heteroatoms. The molecule has 0 rings (SSSR count). The zero-order valence-electron chi connectivity index (χ0n) is 7.94. The molecule has 0 saturated heterocycles. The largest absolute Gasteiger partial charge is 0.317 e. The molecule has 0 amide bonds. The predicted molar refractivity (Wildman–Crippen MR) is 47.1 cm³/mol. The number of rotatable bonds is 4. The molecule has 0 fully saturated rings. The van der Waals surface area contributed by atoms with E-state index in [1.54, 1.807) is 0 Å². The normalized spacial score (nSPS) is 17.4. The van der Waals surface area contributed by atoms with Crippen molar-refractivity contribution >= 4 is 0 Å². The fourth-order valence-electron chi connectivity index (χ4n) is 0.948. The van der Waals surface area contributed by atoms with Crippen LogP contribution in [0.1, 0.15) is 34.1 Å². The molecule has 0 radical (unpaired) electrons. The Hall–Kier alpha value is -0.0400. The minimum Gasteiger partial charge on any atom is -0.317 e. The van der Waals surface area contributed by atoms with Crippen molar-refractivity contribution in [3.8, 4) is 0 Å². The molecule has 0 aromatic carbocycles. The van der Waals surface area contributed by atoms with E-state index in [1.165, 1.54) is 6.42 Å². The van der Waals surface area contributed by atoms with Crippen molar-refractivity contribution in [1.82, 2.24) is 5.32 Å². The van der Waals surface area contributed by atoms with E-state index in [-0.39, 0.29) is 0 Å². The van der Waals surface area contributed by atoms with Gasteiger partial charge in [0.05, 0.1) is 0 Å². The van der Waals surface area contributed by atoms with Crippen LogP contribution in [0.5, 0.6) is 0 Å². The van der Waals surface area contributed by atoms with Gasteiger partial charge in [0, 0.05) is 6.04 Å². The van der Waals surface area contributed by atoms with E-state index >= 15 is 0 Å². The van der Waals surface area contributed by atoms with Gasteiger partial charge in [-0.15, -0.1) is 0 Å². The molecule has 2 atom stereocenters. The van der Waals surface area contributed by atoms with Gasteiger partial charge in [-0.1, -0.05) is 20.8 Å². The van der Waals surface area contributed by atoms with Crippen LogP contribution in [-0.2, 0) is 0 Å². The van der Waals surface area contributed by atoms with Crippen LogP contribution in [0.25, 0.3) is 0 Å². The van der Waals surface area contributed by atoms with E-state index < -0.39 is 0 Å². The maximum atomic E-state index is 3.25. The lowest BCUT2D eigenvalue weighted by atomic mass is 9.92. The molecule has 0 aliphatic heterocycles. The van der Waals surface area contributed by atoms with Crippen molar-refractivity contribution in [1.29, 1.82) is 0 Å². The summed E-state index contributed by atoms with van der Waals surface area (Å²) in [6.07, 6.45) is 1.29. The average Bonchev–Trinajstić information content (AvgIpc) is 1.87. The third kappa shape index (κ3) is 3.89. The van der Waals surface area contributed by atoms with Gasteiger partial charge in [-0.25, -0.2) is 0 Å². The first kappa shape index (κ1) is 9.96. The molecule has 2 unspecified atom stereocenters. The Labute approximate surface area is 65.2 Å². The first-order valence-corrected chi connectivity index (χ1v) is 4.25. The molecule has 1 N–H and O–H groups in total. The predicted octanol–water partition coefficient (Wildman–Crippen LogP) is 2.28. The fraction of sp³-hybridized carbons (Fsp3) is 1.00. The summed E-state index contributed by atoms with van der Waals surface area (Å²) in [6.45, 7) is 9.12. The SMILES string of the molecule is CNC(C)CC(C)C(C)C. The summed E-state index contributed by atoms with van der Waals surface area (Å²) >= 11 is 0. The van der Waals surface area contributed by atoms with Crippen LogP contribution < -0.4 is 5.32 Å². The van der Waals surface area contributed by atoms with Crippen molar-refractivity contribution < 1.29 is 0 Å². The number of hydrogen-bond acceptors (Lipinski definition) is 1. The Kier molecular flexibility index (Phi) is 4.71. The van der Waals surface area contributed by atoms with Crippen LogP contribution in [-0.4, -0.2) is 13.1 Å².